The van der Waals surface area contributed by atoms with Crippen molar-refractivity contribution >= 4 is 27.6 Å². The van der Waals surface area contributed by atoms with Gasteiger partial charge in [-0.05, 0) is 54.0 Å². The van der Waals surface area contributed by atoms with Crippen LogP contribution in [-0.2, 0) is 0 Å². The predicted molar refractivity (Wildman–Crippen MR) is 85.0 cm³/mol. The minimum absolute atomic E-state index is 0.0376. The van der Waals surface area contributed by atoms with E-state index >= 15 is 0 Å². The molecule has 1 atom stereocenters. The van der Waals surface area contributed by atoms with Gasteiger partial charge in [0.05, 0.1) is 17.6 Å². The predicted octanol–water partition coefficient (Wildman–Crippen LogP) is 3.64. The highest BCUT2D eigenvalue weighted by Crippen LogP contribution is 2.29. The highest BCUT2D eigenvalue weighted by atomic mass is 79.9. The first-order chi connectivity index (χ1) is 10.1. The number of hydrogen-bond acceptors (Lipinski definition) is 6. The summed E-state index contributed by atoms with van der Waals surface area (Å²) >= 11 is 3.44. The number of ether oxygens (including phenoxy) is 1. The molecule has 114 valence electrons. The van der Waals surface area contributed by atoms with Crippen molar-refractivity contribution in [2.24, 2.45) is 0 Å². The van der Waals surface area contributed by atoms with Crippen molar-refractivity contribution in [1.82, 2.24) is 15.5 Å². The quantitative estimate of drug-likeness (QED) is 0.790. The van der Waals surface area contributed by atoms with Gasteiger partial charge >= 0.3 is 6.01 Å². The monoisotopic (exact) mass is 354 g/mol. The summed E-state index contributed by atoms with van der Waals surface area (Å²) in [5.41, 5.74) is 0.840. The van der Waals surface area contributed by atoms with Crippen molar-refractivity contribution in [2.45, 2.75) is 26.3 Å². The molecule has 0 aliphatic carbocycles. The third-order valence-corrected chi connectivity index (χ3v) is 3.53. The molecule has 0 radical (unpaired) electrons. The molecule has 6 nitrogen and oxygen atoms in total. The van der Waals surface area contributed by atoms with Crippen molar-refractivity contribution in [3.8, 4) is 5.75 Å². The van der Waals surface area contributed by atoms with Crippen LogP contribution in [0.15, 0.2) is 27.1 Å². The van der Waals surface area contributed by atoms with E-state index in [0.29, 0.717) is 11.9 Å². The van der Waals surface area contributed by atoms with Gasteiger partial charge in [0.15, 0.2) is 0 Å². The molecule has 1 heterocycles. The van der Waals surface area contributed by atoms with Gasteiger partial charge in [-0.2, -0.15) is 0 Å². The van der Waals surface area contributed by atoms with E-state index < -0.39 is 0 Å². The van der Waals surface area contributed by atoms with Gasteiger partial charge in [-0.25, -0.2) is 0 Å². The Labute approximate surface area is 132 Å². The van der Waals surface area contributed by atoms with Crippen LogP contribution in [0.3, 0.4) is 0 Å². The zero-order valence-electron chi connectivity index (χ0n) is 12.3. The maximum Gasteiger partial charge on any atom is 0.320 e. The molecular weight excluding hydrogens is 336 g/mol. The Morgan fingerprint density at radius 3 is 2.86 bits per heavy atom. The number of anilines is 2. The maximum absolute atomic E-state index is 5.60. The summed E-state index contributed by atoms with van der Waals surface area (Å²) in [5.74, 6) is 1.34. The first kappa shape index (κ1) is 15.8. The summed E-state index contributed by atoms with van der Waals surface area (Å²) in [6.45, 7) is 5.02. The first-order valence-corrected chi connectivity index (χ1v) is 7.60. The summed E-state index contributed by atoms with van der Waals surface area (Å²) in [6.07, 6.45) is 1.06. The van der Waals surface area contributed by atoms with Crippen LogP contribution >= 0.6 is 15.9 Å². The number of nitrogens with zero attached hydrogens (tertiary/aromatic N) is 2. The lowest BCUT2D eigenvalue weighted by molar-refractivity contribution is 0.412. The zero-order chi connectivity index (χ0) is 15.2. The van der Waals surface area contributed by atoms with Crippen LogP contribution in [0.5, 0.6) is 5.75 Å². The molecule has 1 aromatic carbocycles. The fourth-order valence-electron chi connectivity index (χ4n) is 1.78. The molecule has 21 heavy (non-hydrogen) atoms. The van der Waals surface area contributed by atoms with E-state index in [4.69, 9.17) is 9.15 Å². The standard InChI is InChI=1S/C14H19BrN4O2/c1-4-7-16-9(2)13-18-19-14(21-13)17-10-5-6-12(20-3)11(15)8-10/h5-6,8-9,16H,4,7H2,1-3H3,(H,17,19). The molecule has 0 amide bonds. The van der Waals surface area contributed by atoms with Crippen molar-refractivity contribution in [3.63, 3.8) is 0 Å². The molecule has 1 aromatic heterocycles. The van der Waals surface area contributed by atoms with Gasteiger partial charge in [0, 0.05) is 5.69 Å². The molecule has 1 unspecified atom stereocenters. The van der Waals surface area contributed by atoms with E-state index in [1.165, 1.54) is 0 Å². The third-order valence-electron chi connectivity index (χ3n) is 2.91. The smallest absolute Gasteiger partial charge is 0.320 e. The summed E-state index contributed by atoms with van der Waals surface area (Å²) in [6, 6.07) is 6.03. The lowest BCUT2D eigenvalue weighted by Gasteiger charge is -2.08. The normalized spacial score (nSPS) is 12.2. The summed E-state index contributed by atoms with van der Waals surface area (Å²) < 4.78 is 11.6. The Bertz CT molecular complexity index is 588. The van der Waals surface area contributed by atoms with Crippen LogP contribution in [0.25, 0.3) is 0 Å². The van der Waals surface area contributed by atoms with Crippen molar-refractivity contribution in [3.05, 3.63) is 28.6 Å². The van der Waals surface area contributed by atoms with Gasteiger partial charge in [0.2, 0.25) is 5.89 Å². The highest BCUT2D eigenvalue weighted by molar-refractivity contribution is 9.10. The Morgan fingerprint density at radius 2 is 2.19 bits per heavy atom. The number of benzene rings is 1. The molecule has 0 fully saturated rings. The molecule has 0 saturated carbocycles. The van der Waals surface area contributed by atoms with E-state index in [2.05, 4.69) is 43.7 Å². The number of aromatic nitrogens is 2. The largest absolute Gasteiger partial charge is 0.496 e. The second kappa shape index (κ2) is 7.42. The maximum atomic E-state index is 5.60. The second-order valence-corrected chi connectivity index (χ2v) is 5.45. The first-order valence-electron chi connectivity index (χ1n) is 6.81. The number of halogens is 1. The average molecular weight is 355 g/mol. The van der Waals surface area contributed by atoms with Crippen molar-refractivity contribution < 1.29 is 9.15 Å². The average Bonchev–Trinajstić information content (AvgIpc) is 2.93. The molecule has 2 aromatic rings. The van der Waals surface area contributed by atoms with Crippen LogP contribution in [0.4, 0.5) is 11.7 Å². The fourth-order valence-corrected chi connectivity index (χ4v) is 2.32. The van der Waals surface area contributed by atoms with E-state index in [1.807, 2.05) is 25.1 Å². The van der Waals surface area contributed by atoms with Crippen LogP contribution < -0.4 is 15.4 Å². The van der Waals surface area contributed by atoms with E-state index in [-0.39, 0.29) is 6.04 Å². The van der Waals surface area contributed by atoms with Crippen LogP contribution in [0.2, 0.25) is 0 Å². The third kappa shape index (κ3) is 4.18. The molecule has 0 bridgehead atoms. The molecular formula is C14H19BrN4O2. The number of nitrogens with one attached hydrogen (secondary N) is 2. The number of hydrogen-bond donors (Lipinski definition) is 2. The molecule has 0 spiro atoms. The molecule has 2 rings (SSSR count). The number of rotatable bonds is 7. The van der Waals surface area contributed by atoms with Gasteiger partial charge in [0.1, 0.15) is 5.75 Å². The van der Waals surface area contributed by atoms with Gasteiger partial charge < -0.3 is 19.8 Å². The van der Waals surface area contributed by atoms with Crippen LogP contribution in [0, 0.1) is 0 Å². The number of methoxy groups -OCH3 is 1. The SMILES string of the molecule is CCCNC(C)c1nnc(Nc2ccc(OC)c(Br)c2)o1. The summed E-state index contributed by atoms with van der Waals surface area (Å²) in [4.78, 5) is 0. The Kier molecular flexibility index (Phi) is 5.58. The van der Waals surface area contributed by atoms with E-state index in [0.717, 1.165) is 28.9 Å². The lowest BCUT2D eigenvalue weighted by Crippen LogP contribution is -2.19. The second-order valence-electron chi connectivity index (χ2n) is 4.60. The van der Waals surface area contributed by atoms with Crippen LogP contribution in [0.1, 0.15) is 32.2 Å². The van der Waals surface area contributed by atoms with Gasteiger partial charge in [-0.3, -0.25) is 0 Å². The molecule has 0 aliphatic heterocycles. The lowest BCUT2D eigenvalue weighted by atomic mass is 10.3. The minimum atomic E-state index is 0.0376. The molecule has 0 saturated heterocycles. The van der Waals surface area contributed by atoms with Crippen molar-refractivity contribution in [1.29, 1.82) is 0 Å². The topological polar surface area (TPSA) is 72.2 Å². The van der Waals surface area contributed by atoms with Gasteiger partial charge in [-0.1, -0.05) is 12.0 Å². The molecule has 0 aliphatic rings. The van der Waals surface area contributed by atoms with Gasteiger partial charge in [-0.15, -0.1) is 5.10 Å². The van der Waals surface area contributed by atoms with E-state index in [1.54, 1.807) is 7.11 Å². The molecule has 7 heteroatoms. The Hall–Kier alpha value is -1.60. The van der Waals surface area contributed by atoms with Crippen LogP contribution in [-0.4, -0.2) is 23.9 Å². The Balaban J connectivity index is 2.03. The summed E-state index contributed by atoms with van der Waals surface area (Å²) in [5, 5.41) is 14.4. The Morgan fingerprint density at radius 1 is 1.38 bits per heavy atom. The molecule has 2 N–H and O–H groups in total. The highest BCUT2D eigenvalue weighted by Gasteiger charge is 2.13. The fraction of sp³-hybridized carbons (Fsp3) is 0.429. The van der Waals surface area contributed by atoms with Gasteiger partial charge in [0.25, 0.3) is 0 Å². The summed E-state index contributed by atoms with van der Waals surface area (Å²) in [7, 11) is 1.63. The van der Waals surface area contributed by atoms with E-state index in [9.17, 15) is 0 Å². The minimum Gasteiger partial charge on any atom is -0.496 e. The zero-order valence-corrected chi connectivity index (χ0v) is 13.9. The van der Waals surface area contributed by atoms with Crippen molar-refractivity contribution in [2.75, 3.05) is 19.0 Å².